The van der Waals surface area contributed by atoms with Gasteiger partial charge in [0.25, 0.3) is 0 Å². The van der Waals surface area contributed by atoms with E-state index in [9.17, 15) is 9.59 Å². The zero-order valence-electron chi connectivity index (χ0n) is 14.2. The molecule has 1 aromatic carbocycles. The second-order valence-electron chi connectivity index (χ2n) is 6.64. The van der Waals surface area contributed by atoms with Crippen LogP contribution in [0, 0.1) is 12.8 Å². The van der Waals surface area contributed by atoms with Crippen molar-refractivity contribution >= 4 is 23.2 Å². The van der Waals surface area contributed by atoms with Crippen LogP contribution < -0.4 is 5.32 Å². The molecule has 0 aliphatic heterocycles. The van der Waals surface area contributed by atoms with E-state index in [0.29, 0.717) is 12.8 Å². The molecule has 1 aliphatic rings. The summed E-state index contributed by atoms with van der Waals surface area (Å²) in [6, 6.07) is 8.27. The highest BCUT2D eigenvalue weighted by molar-refractivity contribution is 7.13. The number of carbonyl (C=O) groups excluding carboxylic acids is 1. The third-order valence-electron chi connectivity index (χ3n) is 4.63. The summed E-state index contributed by atoms with van der Waals surface area (Å²) in [6.07, 6.45) is 2.99. The highest BCUT2D eigenvalue weighted by Crippen LogP contribution is 2.26. The standard InChI is InChI=1S/C19H22N2O3S/c1-12-2-4-13(5-3-12)18-21-16(11-25-18)10-17(22)20-15-8-6-14(7-9-15)19(23)24/h2-5,11,14-15H,6-10H2,1H3,(H,20,22)(H,23,24). The topological polar surface area (TPSA) is 79.3 Å². The zero-order chi connectivity index (χ0) is 17.8. The van der Waals surface area contributed by atoms with E-state index in [4.69, 9.17) is 5.11 Å². The van der Waals surface area contributed by atoms with Crippen LogP contribution in [0.4, 0.5) is 0 Å². The highest BCUT2D eigenvalue weighted by atomic mass is 32.1. The van der Waals surface area contributed by atoms with Gasteiger partial charge < -0.3 is 10.4 Å². The highest BCUT2D eigenvalue weighted by Gasteiger charge is 2.26. The summed E-state index contributed by atoms with van der Waals surface area (Å²) >= 11 is 1.54. The predicted octanol–water partition coefficient (Wildman–Crippen LogP) is 3.42. The summed E-state index contributed by atoms with van der Waals surface area (Å²) in [6.45, 7) is 2.05. The maximum atomic E-state index is 12.2. The van der Waals surface area contributed by atoms with Gasteiger partial charge in [-0.25, -0.2) is 4.98 Å². The van der Waals surface area contributed by atoms with E-state index in [0.717, 1.165) is 29.1 Å². The van der Waals surface area contributed by atoms with Gasteiger partial charge in [-0.15, -0.1) is 11.3 Å². The monoisotopic (exact) mass is 358 g/mol. The summed E-state index contributed by atoms with van der Waals surface area (Å²) < 4.78 is 0. The minimum Gasteiger partial charge on any atom is -0.481 e. The Balaban J connectivity index is 1.52. The summed E-state index contributed by atoms with van der Waals surface area (Å²) in [4.78, 5) is 27.7. The Morgan fingerprint density at radius 2 is 1.88 bits per heavy atom. The molecule has 1 saturated carbocycles. The minimum atomic E-state index is -0.726. The van der Waals surface area contributed by atoms with Crippen LogP contribution in [0.1, 0.15) is 36.9 Å². The van der Waals surface area contributed by atoms with Crippen molar-refractivity contribution in [2.75, 3.05) is 0 Å². The van der Waals surface area contributed by atoms with Gasteiger partial charge in [0.05, 0.1) is 18.0 Å². The van der Waals surface area contributed by atoms with Crippen LogP contribution in [0.3, 0.4) is 0 Å². The molecule has 0 spiro atoms. The molecule has 1 aliphatic carbocycles. The molecule has 0 unspecified atom stereocenters. The average molecular weight is 358 g/mol. The van der Waals surface area contributed by atoms with E-state index in [-0.39, 0.29) is 24.3 Å². The number of hydrogen-bond donors (Lipinski definition) is 2. The number of aliphatic carboxylic acids is 1. The average Bonchev–Trinajstić information content (AvgIpc) is 3.04. The van der Waals surface area contributed by atoms with Crippen LogP contribution in [0.2, 0.25) is 0 Å². The Hall–Kier alpha value is -2.21. The molecule has 5 nitrogen and oxygen atoms in total. The number of aryl methyl sites for hydroxylation is 1. The lowest BCUT2D eigenvalue weighted by Gasteiger charge is -2.26. The fourth-order valence-corrected chi connectivity index (χ4v) is 3.97. The van der Waals surface area contributed by atoms with Gasteiger partial charge in [-0.05, 0) is 32.6 Å². The Morgan fingerprint density at radius 1 is 1.20 bits per heavy atom. The molecule has 0 saturated heterocycles. The van der Waals surface area contributed by atoms with Crippen molar-refractivity contribution in [1.82, 2.24) is 10.3 Å². The molecule has 1 heterocycles. The number of hydrogen-bond acceptors (Lipinski definition) is 4. The van der Waals surface area contributed by atoms with E-state index in [2.05, 4.69) is 22.4 Å². The number of nitrogens with zero attached hydrogens (tertiary/aromatic N) is 1. The van der Waals surface area contributed by atoms with Crippen LogP contribution in [0.15, 0.2) is 29.6 Å². The zero-order valence-corrected chi connectivity index (χ0v) is 15.0. The third kappa shape index (κ3) is 4.66. The first-order chi connectivity index (χ1) is 12.0. The molecule has 132 valence electrons. The summed E-state index contributed by atoms with van der Waals surface area (Å²) in [5.74, 6) is -1.03. The molecular weight excluding hydrogens is 336 g/mol. The summed E-state index contributed by atoms with van der Waals surface area (Å²) in [5.41, 5.74) is 3.05. The van der Waals surface area contributed by atoms with E-state index in [1.165, 1.54) is 5.56 Å². The number of aromatic nitrogens is 1. The van der Waals surface area contributed by atoms with Gasteiger partial charge in [0.2, 0.25) is 5.91 Å². The first-order valence-corrected chi connectivity index (χ1v) is 9.43. The van der Waals surface area contributed by atoms with Gasteiger partial charge in [-0.3, -0.25) is 9.59 Å². The van der Waals surface area contributed by atoms with E-state index in [1.54, 1.807) is 11.3 Å². The fraction of sp³-hybridized carbons (Fsp3) is 0.421. The summed E-state index contributed by atoms with van der Waals surface area (Å²) in [5, 5.41) is 14.9. The number of thiazole rings is 1. The molecule has 0 bridgehead atoms. The van der Waals surface area contributed by atoms with Gasteiger partial charge >= 0.3 is 5.97 Å². The maximum absolute atomic E-state index is 12.2. The van der Waals surface area contributed by atoms with Crippen molar-refractivity contribution < 1.29 is 14.7 Å². The lowest BCUT2D eigenvalue weighted by molar-refractivity contribution is -0.142. The molecule has 3 rings (SSSR count). The number of rotatable bonds is 5. The minimum absolute atomic E-state index is 0.0421. The van der Waals surface area contributed by atoms with Crippen molar-refractivity contribution in [3.63, 3.8) is 0 Å². The van der Waals surface area contributed by atoms with Gasteiger partial charge in [0.15, 0.2) is 0 Å². The molecule has 1 aromatic heterocycles. The van der Waals surface area contributed by atoms with E-state index in [1.807, 2.05) is 24.4 Å². The van der Waals surface area contributed by atoms with Crippen molar-refractivity contribution in [3.8, 4) is 10.6 Å². The number of carboxylic acids is 1. The first kappa shape index (κ1) is 17.6. The van der Waals surface area contributed by atoms with Gasteiger partial charge in [0, 0.05) is 17.0 Å². The third-order valence-corrected chi connectivity index (χ3v) is 5.57. The van der Waals surface area contributed by atoms with Crippen LogP contribution in [0.25, 0.3) is 10.6 Å². The van der Waals surface area contributed by atoms with Crippen molar-refractivity contribution in [2.24, 2.45) is 5.92 Å². The SMILES string of the molecule is Cc1ccc(-c2nc(CC(=O)NC3CCC(C(=O)O)CC3)cs2)cc1. The molecule has 2 aromatic rings. The largest absolute Gasteiger partial charge is 0.481 e. The van der Waals surface area contributed by atoms with E-state index >= 15 is 0 Å². The van der Waals surface area contributed by atoms with Gasteiger partial charge in [-0.2, -0.15) is 0 Å². The Kier molecular flexibility index (Phi) is 5.48. The normalized spacial score (nSPS) is 20.2. The molecule has 0 atom stereocenters. The molecule has 1 amide bonds. The van der Waals surface area contributed by atoms with E-state index < -0.39 is 5.97 Å². The van der Waals surface area contributed by atoms with Gasteiger partial charge in [-0.1, -0.05) is 29.8 Å². The lowest BCUT2D eigenvalue weighted by atomic mass is 9.86. The molecule has 0 radical (unpaired) electrons. The van der Waals surface area contributed by atoms with Crippen LogP contribution >= 0.6 is 11.3 Å². The van der Waals surface area contributed by atoms with Crippen LogP contribution in [0.5, 0.6) is 0 Å². The number of carbonyl (C=O) groups is 2. The smallest absolute Gasteiger partial charge is 0.306 e. The number of benzene rings is 1. The van der Waals surface area contributed by atoms with Crippen molar-refractivity contribution in [2.45, 2.75) is 45.1 Å². The second kappa shape index (κ2) is 7.78. The Bertz CT molecular complexity index is 746. The summed E-state index contributed by atoms with van der Waals surface area (Å²) in [7, 11) is 0. The number of amides is 1. The second-order valence-corrected chi connectivity index (χ2v) is 7.50. The Morgan fingerprint density at radius 3 is 2.52 bits per heavy atom. The van der Waals surface area contributed by atoms with Crippen molar-refractivity contribution in [1.29, 1.82) is 0 Å². The molecule has 6 heteroatoms. The number of carboxylic acid groups (broad SMARTS) is 1. The number of nitrogens with one attached hydrogen (secondary N) is 1. The fourth-order valence-electron chi connectivity index (χ4n) is 3.14. The molecule has 1 fully saturated rings. The van der Waals surface area contributed by atoms with Crippen molar-refractivity contribution in [3.05, 3.63) is 40.9 Å². The maximum Gasteiger partial charge on any atom is 0.306 e. The lowest BCUT2D eigenvalue weighted by Crippen LogP contribution is -2.39. The predicted molar refractivity (Wildman–Crippen MR) is 97.5 cm³/mol. The van der Waals surface area contributed by atoms with Crippen LogP contribution in [-0.2, 0) is 16.0 Å². The quantitative estimate of drug-likeness (QED) is 0.858. The Labute approximate surface area is 151 Å². The van der Waals surface area contributed by atoms with Gasteiger partial charge in [0.1, 0.15) is 5.01 Å². The molecule has 2 N–H and O–H groups in total. The van der Waals surface area contributed by atoms with Crippen LogP contribution in [-0.4, -0.2) is 28.0 Å². The molecule has 25 heavy (non-hydrogen) atoms. The first-order valence-electron chi connectivity index (χ1n) is 8.55. The molecular formula is C19H22N2O3S.